The van der Waals surface area contributed by atoms with Gasteiger partial charge >= 0.3 is 5.69 Å². The Bertz CT molecular complexity index is 507. The van der Waals surface area contributed by atoms with E-state index >= 15 is 0 Å². The molecule has 0 bridgehead atoms. The molecule has 3 N–H and O–H groups in total. The van der Waals surface area contributed by atoms with Gasteiger partial charge in [-0.2, -0.15) is 0 Å². The number of hydrogen-bond acceptors (Lipinski definition) is 5. The molecule has 0 spiro atoms. The molecule has 1 aromatic carbocycles. The van der Waals surface area contributed by atoms with Gasteiger partial charge in [0, 0.05) is 12.1 Å². The number of nitro benzene ring substituents is 1. The third kappa shape index (κ3) is 4.36. The number of ether oxygens (including phenoxy) is 1. The summed E-state index contributed by atoms with van der Waals surface area (Å²) in [5, 5.41) is 13.9. The van der Waals surface area contributed by atoms with Gasteiger partial charge in [-0.25, -0.2) is 0 Å². The number of nitrogens with one attached hydrogen (secondary N) is 1. The van der Waals surface area contributed by atoms with Gasteiger partial charge in [0.2, 0.25) is 11.7 Å². The zero-order valence-electron chi connectivity index (χ0n) is 11.1. The SMILES string of the molecule is CC(C)NC(COc1c(Cl)cccc1[N+](=O)[O-])C(N)=O. The van der Waals surface area contributed by atoms with E-state index in [2.05, 4.69) is 5.32 Å². The van der Waals surface area contributed by atoms with Crippen molar-refractivity contribution in [2.75, 3.05) is 6.61 Å². The van der Waals surface area contributed by atoms with E-state index in [0.717, 1.165) is 0 Å². The molecular formula is C12H16ClN3O4. The largest absolute Gasteiger partial charge is 0.484 e. The van der Waals surface area contributed by atoms with E-state index in [-0.39, 0.29) is 29.1 Å². The summed E-state index contributed by atoms with van der Waals surface area (Å²) >= 11 is 5.88. The molecule has 1 aromatic rings. The Morgan fingerprint density at radius 2 is 2.20 bits per heavy atom. The molecule has 110 valence electrons. The van der Waals surface area contributed by atoms with Crippen molar-refractivity contribution in [3.05, 3.63) is 33.3 Å². The van der Waals surface area contributed by atoms with Gasteiger partial charge < -0.3 is 15.8 Å². The fraction of sp³-hybridized carbons (Fsp3) is 0.417. The lowest BCUT2D eigenvalue weighted by Gasteiger charge is -2.18. The van der Waals surface area contributed by atoms with E-state index in [4.69, 9.17) is 22.1 Å². The lowest BCUT2D eigenvalue weighted by molar-refractivity contribution is -0.385. The van der Waals surface area contributed by atoms with Crippen LogP contribution < -0.4 is 15.8 Å². The number of para-hydroxylation sites is 1. The van der Waals surface area contributed by atoms with Gasteiger partial charge in [0.05, 0.1) is 9.95 Å². The molecule has 20 heavy (non-hydrogen) atoms. The maximum Gasteiger partial charge on any atom is 0.312 e. The van der Waals surface area contributed by atoms with Crippen molar-refractivity contribution in [2.45, 2.75) is 25.9 Å². The average molecular weight is 302 g/mol. The molecule has 0 aliphatic carbocycles. The van der Waals surface area contributed by atoms with Gasteiger partial charge in [-0.05, 0) is 6.07 Å². The fourth-order valence-electron chi connectivity index (χ4n) is 1.57. The van der Waals surface area contributed by atoms with Gasteiger partial charge in [0.1, 0.15) is 12.6 Å². The number of nitrogens with zero attached hydrogens (tertiary/aromatic N) is 1. The van der Waals surface area contributed by atoms with Crippen LogP contribution in [-0.4, -0.2) is 29.5 Å². The van der Waals surface area contributed by atoms with Crippen LogP contribution in [-0.2, 0) is 4.79 Å². The number of nitro groups is 1. The van der Waals surface area contributed by atoms with Crippen molar-refractivity contribution in [1.29, 1.82) is 0 Å². The number of benzene rings is 1. The summed E-state index contributed by atoms with van der Waals surface area (Å²) in [4.78, 5) is 21.6. The smallest absolute Gasteiger partial charge is 0.312 e. The molecule has 1 rings (SSSR count). The lowest BCUT2D eigenvalue weighted by Crippen LogP contribution is -2.48. The zero-order valence-corrected chi connectivity index (χ0v) is 11.9. The van der Waals surface area contributed by atoms with E-state index in [9.17, 15) is 14.9 Å². The van der Waals surface area contributed by atoms with Crippen molar-refractivity contribution in [3.63, 3.8) is 0 Å². The standard InChI is InChI=1S/C12H16ClN3O4/c1-7(2)15-9(12(14)17)6-20-11-8(13)4-3-5-10(11)16(18)19/h3-5,7,9,15H,6H2,1-2H3,(H2,14,17). The predicted octanol–water partition coefficient (Wildman–Crippen LogP) is 1.48. The summed E-state index contributed by atoms with van der Waals surface area (Å²) in [6.45, 7) is 3.54. The number of halogens is 1. The first-order valence-electron chi connectivity index (χ1n) is 5.94. The first-order valence-corrected chi connectivity index (χ1v) is 6.31. The Balaban J connectivity index is 2.87. The monoisotopic (exact) mass is 301 g/mol. The number of amides is 1. The number of hydrogen-bond donors (Lipinski definition) is 2. The Hall–Kier alpha value is -1.86. The fourth-order valence-corrected chi connectivity index (χ4v) is 1.79. The first-order chi connectivity index (χ1) is 9.32. The highest BCUT2D eigenvalue weighted by molar-refractivity contribution is 6.32. The Morgan fingerprint density at radius 1 is 1.55 bits per heavy atom. The third-order valence-electron chi connectivity index (χ3n) is 2.42. The van der Waals surface area contributed by atoms with Crippen LogP contribution in [0.5, 0.6) is 5.75 Å². The molecule has 0 fully saturated rings. The quantitative estimate of drug-likeness (QED) is 0.586. The van der Waals surface area contributed by atoms with Gasteiger partial charge in [0.25, 0.3) is 0 Å². The maximum atomic E-state index is 11.3. The highest BCUT2D eigenvalue weighted by atomic mass is 35.5. The summed E-state index contributed by atoms with van der Waals surface area (Å²) in [6.07, 6.45) is 0. The molecule has 0 aromatic heterocycles. The van der Waals surface area contributed by atoms with E-state index in [1.54, 1.807) is 0 Å². The molecule has 1 unspecified atom stereocenters. The van der Waals surface area contributed by atoms with Gasteiger partial charge in [0.15, 0.2) is 0 Å². The minimum Gasteiger partial charge on any atom is -0.484 e. The van der Waals surface area contributed by atoms with E-state index < -0.39 is 16.9 Å². The number of nitrogens with two attached hydrogens (primary N) is 1. The van der Waals surface area contributed by atoms with Gasteiger partial charge in [-0.3, -0.25) is 14.9 Å². The number of carbonyl (C=O) groups excluding carboxylic acids is 1. The van der Waals surface area contributed by atoms with Crippen LogP contribution in [0, 0.1) is 10.1 Å². The summed E-state index contributed by atoms with van der Waals surface area (Å²) < 4.78 is 5.32. The molecule has 0 radical (unpaired) electrons. The Kier molecular flexibility index (Phi) is 5.72. The van der Waals surface area contributed by atoms with Crippen LogP contribution in [0.15, 0.2) is 18.2 Å². The molecule has 0 saturated heterocycles. The normalized spacial score (nSPS) is 12.2. The second-order valence-corrected chi connectivity index (χ2v) is 4.84. The summed E-state index contributed by atoms with van der Waals surface area (Å²) in [6, 6.07) is 3.45. The minimum absolute atomic E-state index is 0.0114. The zero-order chi connectivity index (χ0) is 15.3. The van der Waals surface area contributed by atoms with E-state index in [0.29, 0.717) is 0 Å². The van der Waals surface area contributed by atoms with E-state index in [1.807, 2.05) is 13.8 Å². The van der Waals surface area contributed by atoms with Crippen molar-refractivity contribution in [3.8, 4) is 5.75 Å². The molecule has 0 heterocycles. The highest BCUT2D eigenvalue weighted by Crippen LogP contribution is 2.34. The molecule has 0 aliphatic rings. The van der Waals surface area contributed by atoms with Crippen LogP contribution in [0.2, 0.25) is 5.02 Å². The second kappa shape index (κ2) is 7.06. The average Bonchev–Trinajstić information content (AvgIpc) is 2.34. The first kappa shape index (κ1) is 16.2. The van der Waals surface area contributed by atoms with Crippen LogP contribution in [0.4, 0.5) is 5.69 Å². The number of primary amides is 1. The van der Waals surface area contributed by atoms with E-state index in [1.165, 1.54) is 18.2 Å². The molecule has 1 amide bonds. The van der Waals surface area contributed by atoms with Crippen LogP contribution >= 0.6 is 11.6 Å². The topological polar surface area (TPSA) is 107 Å². The maximum absolute atomic E-state index is 11.3. The summed E-state index contributed by atoms with van der Waals surface area (Å²) in [5.41, 5.74) is 4.98. The third-order valence-corrected chi connectivity index (χ3v) is 2.71. The molecular weight excluding hydrogens is 286 g/mol. The summed E-state index contributed by atoms with van der Waals surface area (Å²) in [7, 11) is 0. The van der Waals surface area contributed by atoms with Crippen LogP contribution in [0.3, 0.4) is 0 Å². The van der Waals surface area contributed by atoms with Gasteiger partial charge in [-0.1, -0.05) is 31.5 Å². The number of rotatable bonds is 7. The molecule has 8 heteroatoms. The highest BCUT2D eigenvalue weighted by Gasteiger charge is 2.22. The number of carbonyl (C=O) groups is 1. The summed E-state index contributed by atoms with van der Waals surface area (Å²) in [5.74, 6) is -0.677. The van der Waals surface area contributed by atoms with Crippen LogP contribution in [0.1, 0.15) is 13.8 Å². The lowest BCUT2D eigenvalue weighted by atomic mass is 10.2. The predicted molar refractivity (Wildman–Crippen MR) is 74.9 cm³/mol. The Labute approximate surface area is 121 Å². The minimum atomic E-state index is -0.758. The second-order valence-electron chi connectivity index (χ2n) is 4.43. The molecule has 0 saturated carbocycles. The van der Waals surface area contributed by atoms with Crippen molar-refractivity contribution >= 4 is 23.2 Å². The van der Waals surface area contributed by atoms with Crippen molar-refractivity contribution in [1.82, 2.24) is 5.32 Å². The van der Waals surface area contributed by atoms with Gasteiger partial charge in [-0.15, -0.1) is 0 Å². The van der Waals surface area contributed by atoms with Crippen LogP contribution in [0.25, 0.3) is 0 Å². The van der Waals surface area contributed by atoms with Crippen molar-refractivity contribution in [2.24, 2.45) is 5.73 Å². The molecule has 1 atom stereocenters. The Morgan fingerprint density at radius 3 is 2.70 bits per heavy atom. The van der Waals surface area contributed by atoms with Crippen molar-refractivity contribution < 1.29 is 14.5 Å². The molecule has 7 nitrogen and oxygen atoms in total. The molecule has 0 aliphatic heterocycles.